The lowest BCUT2D eigenvalue weighted by Crippen LogP contribution is -2.04. The third kappa shape index (κ3) is 2.89. The highest BCUT2D eigenvalue weighted by atomic mass is 19.4. The highest BCUT2D eigenvalue weighted by Gasteiger charge is 2.30. The van der Waals surface area contributed by atoms with E-state index in [4.69, 9.17) is 0 Å². The smallest absolute Gasteiger partial charge is 0.338 e. The number of aromatic amines is 1. The Kier molecular flexibility index (Phi) is 3.57. The molecule has 0 bridgehead atoms. The molecule has 0 aliphatic rings. The Labute approximate surface area is 142 Å². The molecule has 0 aliphatic heterocycles. The van der Waals surface area contributed by atoms with Crippen LogP contribution in [0.2, 0.25) is 0 Å². The van der Waals surface area contributed by atoms with Crippen molar-refractivity contribution in [1.29, 1.82) is 0 Å². The molecule has 4 rings (SSSR count). The molecule has 4 aromatic rings. The summed E-state index contributed by atoms with van der Waals surface area (Å²) in [6, 6.07) is 20.7. The molecular weight excluding hydrogens is 325 g/mol. The van der Waals surface area contributed by atoms with E-state index < -0.39 is 11.7 Å². The molecule has 0 aliphatic carbocycles. The maximum Gasteiger partial charge on any atom is 0.416 e. The number of rotatable bonds is 2. The van der Waals surface area contributed by atoms with Crippen molar-refractivity contribution in [2.75, 3.05) is 0 Å². The van der Waals surface area contributed by atoms with Crippen molar-refractivity contribution in [3.63, 3.8) is 0 Å². The van der Waals surface area contributed by atoms with Gasteiger partial charge in [-0.3, -0.25) is 0 Å². The fraction of sp³-hybridized carbons (Fsp3) is 0.0500. The number of hydrogen-bond acceptors (Lipinski definition) is 1. The van der Waals surface area contributed by atoms with Gasteiger partial charge in [0, 0.05) is 11.1 Å². The molecule has 0 saturated carbocycles. The Morgan fingerprint density at radius 2 is 1.48 bits per heavy atom. The van der Waals surface area contributed by atoms with Gasteiger partial charge in [0.2, 0.25) is 0 Å². The second kappa shape index (κ2) is 5.77. The van der Waals surface area contributed by atoms with Crippen LogP contribution in [0.15, 0.2) is 72.8 Å². The van der Waals surface area contributed by atoms with E-state index in [2.05, 4.69) is 9.97 Å². The predicted octanol–water partition coefficient (Wildman–Crippen LogP) is 5.92. The highest BCUT2D eigenvalue weighted by Crippen LogP contribution is 2.33. The minimum absolute atomic E-state index is 0.407. The monoisotopic (exact) mass is 338 g/mol. The molecule has 5 heteroatoms. The van der Waals surface area contributed by atoms with E-state index >= 15 is 0 Å². The lowest BCUT2D eigenvalue weighted by Gasteiger charge is -2.07. The van der Waals surface area contributed by atoms with Crippen LogP contribution in [0.25, 0.3) is 33.5 Å². The van der Waals surface area contributed by atoms with Gasteiger partial charge in [-0.25, -0.2) is 4.98 Å². The molecule has 0 fully saturated rings. The molecule has 1 aromatic heterocycles. The predicted molar refractivity (Wildman–Crippen MR) is 92.0 cm³/mol. The zero-order chi connectivity index (χ0) is 17.4. The van der Waals surface area contributed by atoms with Crippen LogP contribution in [0, 0.1) is 0 Å². The van der Waals surface area contributed by atoms with Gasteiger partial charge in [0.05, 0.1) is 16.6 Å². The van der Waals surface area contributed by atoms with Gasteiger partial charge in [-0.2, -0.15) is 13.2 Å². The third-order valence-electron chi connectivity index (χ3n) is 4.06. The van der Waals surface area contributed by atoms with Crippen LogP contribution in [0.1, 0.15) is 5.56 Å². The van der Waals surface area contributed by atoms with Gasteiger partial charge in [0.15, 0.2) is 0 Å². The molecule has 0 amide bonds. The standard InChI is InChI=1S/C20H13F3N2/c21-20(22,23)15-9-4-8-14(12-15)19-24-17-11-5-10-16(18(17)25-19)13-6-2-1-3-7-13/h1-12H,(H,24,25). The van der Waals surface area contributed by atoms with Crippen LogP contribution in [0.5, 0.6) is 0 Å². The van der Waals surface area contributed by atoms with E-state index in [1.165, 1.54) is 6.07 Å². The minimum Gasteiger partial charge on any atom is -0.338 e. The van der Waals surface area contributed by atoms with Gasteiger partial charge in [-0.15, -0.1) is 0 Å². The number of alkyl halides is 3. The summed E-state index contributed by atoms with van der Waals surface area (Å²) in [6.07, 6.45) is -4.38. The topological polar surface area (TPSA) is 28.7 Å². The second-order valence-electron chi connectivity index (χ2n) is 5.73. The lowest BCUT2D eigenvalue weighted by atomic mass is 10.0. The van der Waals surface area contributed by atoms with Crippen molar-refractivity contribution >= 4 is 11.0 Å². The van der Waals surface area contributed by atoms with Crippen LogP contribution in [0.4, 0.5) is 13.2 Å². The zero-order valence-corrected chi connectivity index (χ0v) is 13.0. The number of halogens is 3. The summed E-state index contributed by atoms with van der Waals surface area (Å²) >= 11 is 0. The van der Waals surface area contributed by atoms with Crippen LogP contribution in [-0.4, -0.2) is 9.97 Å². The number of nitrogens with zero attached hydrogens (tertiary/aromatic N) is 1. The summed E-state index contributed by atoms with van der Waals surface area (Å²) in [5.41, 5.74) is 3.19. The molecule has 0 radical (unpaired) electrons. The maximum atomic E-state index is 12.9. The van der Waals surface area contributed by atoms with E-state index in [0.29, 0.717) is 11.4 Å². The lowest BCUT2D eigenvalue weighted by molar-refractivity contribution is -0.137. The van der Waals surface area contributed by atoms with Crippen molar-refractivity contribution in [2.24, 2.45) is 0 Å². The number of fused-ring (bicyclic) bond motifs is 1. The van der Waals surface area contributed by atoms with E-state index in [9.17, 15) is 13.2 Å². The van der Waals surface area contributed by atoms with Crippen molar-refractivity contribution in [3.8, 4) is 22.5 Å². The summed E-state index contributed by atoms with van der Waals surface area (Å²) in [7, 11) is 0. The Morgan fingerprint density at radius 3 is 2.24 bits per heavy atom. The molecule has 3 aromatic carbocycles. The SMILES string of the molecule is FC(F)(F)c1cccc(-c2nc3c(-c4ccccc4)cccc3[nH]2)c1. The first-order chi connectivity index (χ1) is 12.0. The molecule has 0 saturated heterocycles. The quantitative estimate of drug-likeness (QED) is 0.483. The van der Waals surface area contributed by atoms with Gasteiger partial charge < -0.3 is 4.98 Å². The summed E-state index contributed by atoms with van der Waals surface area (Å²) in [5, 5.41) is 0. The largest absolute Gasteiger partial charge is 0.416 e. The van der Waals surface area contributed by atoms with Gasteiger partial charge in [-0.1, -0.05) is 54.6 Å². The normalized spacial score (nSPS) is 11.8. The van der Waals surface area contributed by atoms with Gasteiger partial charge in [-0.05, 0) is 23.8 Å². The van der Waals surface area contributed by atoms with Crippen molar-refractivity contribution in [2.45, 2.75) is 6.18 Å². The molecule has 0 atom stereocenters. The molecule has 2 nitrogen and oxygen atoms in total. The zero-order valence-electron chi connectivity index (χ0n) is 13.0. The Hall–Kier alpha value is -3.08. The number of hydrogen-bond donors (Lipinski definition) is 1. The van der Waals surface area contributed by atoms with Gasteiger partial charge in [0.25, 0.3) is 0 Å². The van der Waals surface area contributed by atoms with Crippen molar-refractivity contribution in [3.05, 3.63) is 78.4 Å². The highest BCUT2D eigenvalue weighted by molar-refractivity contribution is 5.93. The van der Waals surface area contributed by atoms with Crippen LogP contribution < -0.4 is 0 Å². The number of imidazole rings is 1. The summed E-state index contributed by atoms with van der Waals surface area (Å²) in [6.45, 7) is 0. The first kappa shape index (κ1) is 15.4. The summed E-state index contributed by atoms with van der Waals surface area (Å²) in [4.78, 5) is 7.68. The Bertz CT molecular complexity index is 1030. The van der Waals surface area contributed by atoms with E-state index in [1.807, 2.05) is 48.5 Å². The van der Waals surface area contributed by atoms with Crippen LogP contribution >= 0.6 is 0 Å². The number of benzene rings is 3. The summed E-state index contributed by atoms with van der Waals surface area (Å²) < 4.78 is 38.8. The van der Waals surface area contributed by atoms with E-state index in [1.54, 1.807) is 6.07 Å². The van der Waals surface area contributed by atoms with Gasteiger partial charge in [0.1, 0.15) is 5.82 Å². The molecule has 25 heavy (non-hydrogen) atoms. The first-order valence-corrected chi connectivity index (χ1v) is 7.74. The van der Waals surface area contributed by atoms with E-state index in [0.717, 1.165) is 34.3 Å². The Morgan fingerprint density at radius 1 is 0.760 bits per heavy atom. The van der Waals surface area contributed by atoms with Crippen LogP contribution in [-0.2, 0) is 6.18 Å². The molecule has 0 unspecified atom stereocenters. The second-order valence-corrected chi connectivity index (χ2v) is 5.73. The minimum atomic E-state index is -4.38. The van der Waals surface area contributed by atoms with Crippen molar-refractivity contribution < 1.29 is 13.2 Å². The van der Waals surface area contributed by atoms with Crippen molar-refractivity contribution in [1.82, 2.24) is 9.97 Å². The average molecular weight is 338 g/mol. The Balaban J connectivity index is 1.86. The van der Waals surface area contributed by atoms with E-state index in [-0.39, 0.29) is 0 Å². The number of H-pyrrole nitrogens is 1. The molecular formula is C20H13F3N2. The fourth-order valence-corrected chi connectivity index (χ4v) is 2.86. The average Bonchev–Trinajstić information content (AvgIpc) is 3.06. The molecule has 1 N–H and O–H groups in total. The number of aromatic nitrogens is 2. The van der Waals surface area contributed by atoms with Crippen LogP contribution in [0.3, 0.4) is 0 Å². The maximum absolute atomic E-state index is 12.9. The summed E-state index contributed by atoms with van der Waals surface area (Å²) in [5.74, 6) is 0.421. The number of para-hydroxylation sites is 1. The van der Waals surface area contributed by atoms with Gasteiger partial charge >= 0.3 is 6.18 Å². The fourth-order valence-electron chi connectivity index (χ4n) is 2.86. The third-order valence-corrected chi connectivity index (χ3v) is 4.06. The molecule has 124 valence electrons. The molecule has 1 heterocycles. The number of nitrogens with one attached hydrogen (secondary N) is 1. The molecule has 0 spiro atoms. The first-order valence-electron chi connectivity index (χ1n) is 7.74.